The fraction of sp³-hybridized carbons (Fsp3) is 0.273. The molecule has 0 fully saturated rings. The summed E-state index contributed by atoms with van der Waals surface area (Å²) in [7, 11) is 0. The van der Waals surface area contributed by atoms with E-state index in [0.717, 1.165) is 5.56 Å². The Balaban J connectivity index is 1.22. The van der Waals surface area contributed by atoms with Crippen LogP contribution in [-0.2, 0) is 16.1 Å². The fourth-order valence-corrected chi connectivity index (χ4v) is 3.03. The van der Waals surface area contributed by atoms with Crippen molar-refractivity contribution < 1.29 is 23.5 Å². The molecule has 1 aliphatic rings. The third kappa shape index (κ3) is 4.75. The molecule has 1 unspecified atom stereocenters. The third-order valence-corrected chi connectivity index (χ3v) is 4.67. The fourth-order valence-electron chi connectivity index (χ4n) is 3.03. The molecule has 3 aromatic rings. The van der Waals surface area contributed by atoms with Gasteiger partial charge in [-0.3, -0.25) is 4.79 Å². The number of fused-ring (bicyclic) bond motifs is 1. The standard InChI is InChI=1S/C22H22N2O5/c1-15(16-5-3-2-4-6-16)11-23-22(25)13-26-12-18-10-20(29-24-18)17-7-8-19-21(9-17)28-14-27-19/h2-10,15H,11-14H2,1H3,(H,23,25). The van der Waals surface area contributed by atoms with Crippen LogP contribution < -0.4 is 14.8 Å². The van der Waals surface area contributed by atoms with Gasteiger partial charge in [0, 0.05) is 18.2 Å². The third-order valence-electron chi connectivity index (χ3n) is 4.67. The predicted octanol–water partition coefficient (Wildman–Crippen LogP) is 3.51. The SMILES string of the molecule is CC(CNC(=O)COCc1cc(-c2ccc3c(c2)OCO3)on1)c1ccccc1. The highest BCUT2D eigenvalue weighted by Crippen LogP contribution is 2.36. The molecule has 29 heavy (non-hydrogen) atoms. The molecule has 1 aromatic heterocycles. The lowest BCUT2D eigenvalue weighted by Gasteiger charge is -2.13. The maximum atomic E-state index is 12.0. The van der Waals surface area contributed by atoms with Crippen molar-refractivity contribution in [3.63, 3.8) is 0 Å². The highest BCUT2D eigenvalue weighted by Gasteiger charge is 2.16. The number of benzene rings is 2. The average Bonchev–Trinajstić information content (AvgIpc) is 3.41. The van der Waals surface area contributed by atoms with E-state index in [1.54, 1.807) is 6.07 Å². The molecule has 150 valence electrons. The van der Waals surface area contributed by atoms with E-state index in [1.807, 2.05) is 36.4 Å². The number of aromatic nitrogens is 1. The molecule has 1 amide bonds. The molecule has 1 atom stereocenters. The molecule has 0 radical (unpaired) electrons. The quantitative estimate of drug-likeness (QED) is 0.630. The maximum absolute atomic E-state index is 12.0. The lowest BCUT2D eigenvalue weighted by molar-refractivity contribution is -0.126. The number of carbonyl (C=O) groups excluding carboxylic acids is 1. The van der Waals surface area contributed by atoms with Crippen molar-refractivity contribution in [2.24, 2.45) is 0 Å². The van der Waals surface area contributed by atoms with Crippen molar-refractivity contribution in [1.29, 1.82) is 0 Å². The Kier molecular flexibility index (Phi) is 5.76. The summed E-state index contributed by atoms with van der Waals surface area (Å²) in [5.41, 5.74) is 2.64. The number of amides is 1. The van der Waals surface area contributed by atoms with E-state index in [1.165, 1.54) is 5.56 Å². The van der Waals surface area contributed by atoms with Gasteiger partial charge in [-0.15, -0.1) is 0 Å². The van der Waals surface area contributed by atoms with Crippen LogP contribution in [0.3, 0.4) is 0 Å². The summed E-state index contributed by atoms with van der Waals surface area (Å²) in [6.07, 6.45) is 0. The first-order valence-electron chi connectivity index (χ1n) is 9.44. The molecule has 7 heteroatoms. The summed E-state index contributed by atoms with van der Waals surface area (Å²) in [5.74, 6) is 2.07. The Bertz CT molecular complexity index is 970. The molecule has 0 saturated heterocycles. The van der Waals surface area contributed by atoms with Gasteiger partial charge in [-0.25, -0.2) is 0 Å². The minimum atomic E-state index is -0.160. The summed E-state index contributed by atoms with van der Waals surface area (Å²) < 4.78 is 21.5. The highest BCUT2D eigenvalue weighted by atomic mass is 16.7. The molecule has 2 heterocycles. The zero-order valence-electron chi connectivity index (χ0n) is 16.1. The molecular weight excluding hydrogens is 372 g/mol. The van der Waals surface area contributed by atoms with Crippen LogP contribution in [0.25, 0.3) is 11.3 Å². The smallest absolute Gasteiger partial charge is 0.246 e. The Morgan fingerprint density at radius 2 is 1.97 bits per heavy atom. The van der Waals surface area contributed by atoms with Crippen molar-refractivity contribution >= 4 is 5.91 Å². The molecular formula is C22H22N2O5. The zero-order valence-corrected chi connectivity index (χ0v) is 16.1. The van der Waals surface area contributed by atoms with Gasteiger partial charge in [-0.1, -0.05) is 42.4 Å². The van der Waals surface area contributed by atoms with Gasteiger partial charge < -0.3 is 24.1 Å². The number of rotatable bonds is 8. The molecule has 4 rings (SSSR count). The summed E-state index contributed by atoms with van der Waals surface area (Å²) >= 11 is 0. The maximum Gasteiger partial charge on any atom is 0.246 e. The minimum absolute atomic E-state index is 0.0340. The van der Waals surface area contributed by atoms with Gasteiger partial charge in [0.2, 0.25) is 12.7 Å². The van der Waals surface area contributed by atoms with Crippen molar-refractivity contribution in [3.8, 4) is 22.8 Å². The molecule has 1 aliphatic heterocycles. The largest absolute Gasteiger partial charge is 0.454 e. The Morgan fingerprint density at radius 1 is 1.14 bits per heavy atom. The number of nitrogens with zero attached hydrogens (tertiary/aromatic N) is 1. The van der Waals surface area contributed by atoms with E-state index >= 15 is 0 Å². The number of hydrogen-bond donors (Lipinski definition) is 1. The second-order valence-electron chi connectivity index (χ2n) is 6.86. The molecule has 0 aliphatic carbocycles. The average molecular weight is 394 g/mol. The summed E-state index contributed by atoms with van der Waals surface area (Å²) in [6.45, 7) is 3.01. The van der Waals surface area contributed by atoms with Crippen molar-refractivity contribution in [1.82, 2.24) is 10.5 Å². The van der Waals surface area contributed by atoms with Crippen LogP contribution >= 0.6 is 0 Å². The normalized spacial score (nSPS) is 13.3. The van der Waals surface area contributed by atoms with Gasteiger partial charge in [0.15, 0.2) is 17.3 Å². The van der Waals surface area contributed by atoms with E-state index in [2.05, 4.69) is 29.5 Å². The predicted molar refractivity (Wildman–Crippen MR) is 106 cm³/mol. The first-order valence-corrected chi connectivity index (χ1v) is 9.44. The van der Waals surface area contributed by atoms with E-state index in [9.17, 15) is 4.79 Å². The van der Waals surface area contributed by atoms with Crippen LogP contribution in [0, 0.1) is 0 Å². The minimum Gasteiger partial charge on any atom is -0.454 e. The molecule has 7 nitrogen and oxygen atoms in total. The van der Waals surface area contributed by atoms with Gasteiger partial charge in [-0.2, -0.15) is 0 Å². The Morgan fingerprint density at radius 3 is 2.83 bits per heavy atom. The Labute approximate surface area is 168 Å². The second-order valence-corrected chi connectivity index (χ2v) is 6.86. The van der Waals surface area contributed by atoms with Gasteiger partial charge in [0.25, 0.3) is 0 Å². The number of carbonyl (C=O) groups is 1. The Hall–Kier alpha value is -3.32. The molecule has 0 spiro atoms. The van der Waals surface area contributed by atoms with Crippen LogP contribution in [-0.4, -0.2) is 31.0 Å². The van der Waals surface area contributed by atoms with Gasteiger partial charge in [0.05, 0.1) is 6.61 Å². The lowest BCUT2D eigenvalue weighted by Crippen LogP contribution is -2.30. The second kappa shape index (κ2) is 8.79. The van der Waals surface area contributed by atoms with E-state index in [0.29, 0.717) is 29.5 Å². The summed E-state index contributed by atoms with van der Waals surface area (Å²) in [5, 5.41) is 6.88. The van der Waals surface area contributed by atoms with Crippen LogP contribution in [0.2, 0.25) is 0 Å². The van der Waals surface area contributed by atoms with Gasteiger partial charge >= 0.3 is 0 Å². The number of nitrogens with one attached hydrogen (secondary N) is 1. The van der Waals surface area contributed by atoms with Crippen LogP contribution in [0.4, 0.5) is 0 Å². The van der Waals surface area contributed by atoms with Crippen molar-refractivity contribution in [2.45, 2.75) is 19.4 Å². The van der Waals surface area contributed by atoms with E-state index in [-0.39, 0.29) is 31.8 Å². The topological polar surface area (TPSA) is 82.8 Å². The molecule has 0 saturated carbocycles. The monoisotopic (exact) mass is 394 g/mol. The van der Waals surface area contributed by atoms with Gasteiger partial charge in [0.1, 0.15) is 12.3 Å². The summed E-state index contributed by atoms with van der Waals surface area (Å²) in [4.78, 5) is 12.0. The zero-order chi connectivity index (χ0) is 20.1. The van der Waals surface area contributed by atoms with E-state index < -0.39 is 0 Å². The lowest BCUT2D eigenvalue weighted by atomic mass is 10.0. The molecule has 2 aromatic carbocycles. The highest BCUT2D eigenvalue weighted by molar-refractivity contribution is 5.77. The van der Waals surface area contributed by atoms with Crippen LogP contribution in [0.1, 0.15) is 24.1 Å². The van der Waals surface area contributed by atoms with Crippen molar-refractivity contribution in [2.75, 3.05) is 19.9 Å². The number of ether oxygens (including phenoxy) is 3. The first-order chi connectivity index (χ1) is 14.2. The first kappa shape index (κ1) is 19.0. The molecule has 1 N–H and O–H groups in total. The van der Waals surface area contributed by atoms with E-state index in [4.69, 9.17) is 18.7 Å². The van der Waals surface area contributed by atoms with Crippen LogP contribution in [0.15, 0.2) is 59.1 Å². The van der Waals surface area contributed by atoms with Gasteiger partial charge in [-0.05, 0) is 29.7 Å². The van der Waals surface area contributed by atoms with Crippen molar-refractivity contribution in [3.05, 3.63) is 65.9 Å². The number of hydrogen-bond acceptors (Lipinski definition) is 6. The molecule has 0 bridgehead atoms. The summed E-state index contributed by atoms with van der Waals surface area (Å²) in [6, 6.07) is 17.4. The van der Waals surface area contributed by atoms with Crippen LogP contribution in [0.5, 0.6) is 11.5 Å².